The van der Waals surface area contributed by atoms with Crippen LogP contribution in [-0.2, 0) is 20.2 Å². The van der Waals surface area contributed by atoms with Gasteiger partial charge in [0.2, 0.25) is 10.0 Å². The largest absolute Gasteiger partial charge is 0.431 e. The van der Waals surface area contributed by atoms with Crippen LogP contribution in [0.4, 0.5) is 11.7 Å². The highest BCUT2D eigenvalue weighted by Gasteiger charge is 2.31. The predicted molar refractivity (Wildman–Crippen MR) is 139 cm³/mol. The Balaban J connectivity index is 1.65. The molecule has 2 N–H and O–H groups in total. The van der Waals surface area contributed by atoms with Gasteiger partial charge < -0.3 is 9.73 Å². The standard InChI is InChI=1S/C22H37N7O6S2/c1-6-7-13-36(31,32)27-9-8-10-28(12-11-27)37(33,34)26-21(30)19-15-35-22(24-19)23-18-14-29(17(4)5)25-20(18)16(2)3/h14-17H,6-13H2,1-5H3,(H,23,24)(H,26,30). The summed E-state index contributed by atoms with van der Waals surface area (Å²) in [4.78, 5) is 16.8. The molecule has 0 spiro atoms. The van der Waals surface area contributed by atoms with E-state index in [1.54, 1.807) is 4.68 Å². The highest BCUT2D eigenvalue weighted by molar-refractivity contribution is 7.89. The molecule has 0 radical (unpaired) electrons. The number of hydrogen-bond donors (Lipinski definition) is 2. The molecule has 0 bridgehead atoms. The summed E-state index contributed by atoms with van der Waals surface area (Å²) in [6.45, 7) is 10.2. The number of nitrogens with zero attached hydrogens (tertiary/aromatic N) is 5. The van der Waals surface area contributed by atoms with Crippen molar-refractivity contribution >= 4 is 37.8 Å². The number of carbonyl (C=O) groups excluding carboxylic acids is 1. The van der Waals surface area contributed by atoms with E-state index in [0.29, 0.717) is 18.5 Å². The molecule has 3 rings (SSSR count). The summed E-state index contributed by atoms with van der Waals surface area (Å²) in [6, 6.07) is 0.169. The van der Waals surface area contributed by atoms with Crippen molar-refractivity contribution in [3.05, 3.63) is 23.8 Å². The number of rotatable bonds is 11. The number of nitrogens with one attached hydrogen (secondary N) is 2. The van der Waals surface area contributed by atoms with Gasteiger partial charge in [0.15, 0.2) is 5.69 Å². The minimum Gasteiger partial charge on any atom is -0.431 e. The molecule has 13 nitrogen and oxygen atoms in total. The van der Waals surface area contributed by atoms with Crippen molar-refractivity contribution in [1.29, 1.82) is 0 Å². The monoisotopic (exact) mass is 559 g/mol. The van der Waals surface area contributed by atoms with Crippen molar-refractivity contribution in [1.82, 2.24) is 28.1 Å². The van der Waals surface area contributed by atoms with Crippen molar-refractivity contribution in [2.24, 2.45) is 0 Å². The SMILES string of the molecule is CCCCS(=O)(=O)N1CCCN(S(=O)(=O)NC(=O)c2coc(Nc3cn(C(C)C)nc3C(C)C)n2)CC1. The van der Waals surface area contributed by atoms with Crippen LogP contribution >= 0.6 is 0 Å². The van der Waals surface area contributed by atoms with Crippen LogP contribution in [0.25, 0.3) is 0 Å². The zero-order chi connectivity index (χ0) is 27.4. The van der Waals surface area contributed by atoms with Crippen LogP contribution in [0, 0.1) is 0 Å². The van der Waals surface area contributed by atoms with Crippen molar-refractivity contribution in [3.63, 3.8) is 0 Å². The molecule has 1 aliphatic heterocycles. The normalized spacial score (nSPS) is 16.3. The first-order valence-electron chi connectivity index (χ1n) is 12.5. The van der Waals surface area contributed by atoms with E-state index >= 15 is 0 Å². The third-order valence-corrected chi connectivity index (χ3v) is 9.38. The van der Waals surface area contributed by atoms with Gasteiger partial charge in [-0.3, -0.25) is 9.48 Å². The smallest absolute Gasteiger partial charge is 0.304 e. The minimum absolute atomic E-state index is 0.0236. The first-order chi connectivity index (χ1) is 17.3. The van der Waals surface area contributed by atoms with Crippen LogP contribution in [0.3, 0.4) is 0 Å². The Labute approximate surface area is 218 Å². The zero-order valence-corrected chi connectivity index (χ0v) is 23.6. The summed E-state index contributed by atoms with van der Waals surface area (Å²) in [5.41, 5.74) is 1.26. The molecular formula is C22H37N7O6S2. The number of amides is 1. The lowest BCUT2D eigenvalue weighted by molar-refractivity contribution is 0.0974. The summed E-state index contributed by atoms with van der Waals surface area (Å²) in [7, 11) is -7.67. The van der Waals surface area contributed by atoms with Gasteiger partial charge >= 0.3 is 10.2 Å². The molecular weight excluding hydrogens is 522 g/mol. The van der Waals surface area contributed by atoms with Gasteiger partial charge in [-0.25, -0.2) is 17.4 Å². The molecule has 1 amide bonds. The lowest BCUT2D eigenvalue weighted by atomic mass is 10.1. The summed E-state index contributed by atoms with van der Waals surface area (Å²) in [5, 5.41) is 7.58. The molecule has 1 saturated heterocycles. The molecule has 0 aliphatic carbocycles. The Morgan fingerprint density at radius 1 is 1.08 bits per heavy atom. The summed E-state index contributed by atoms with van der Waals surface area (Å²) in [6.07, 6.45) is 4.50. The van der Waals surface area contributed by atoms with Crippen LogP contribution in [0.15, 0.2) is 16.9 Å². The molecule has 37 heavy (non-hydrogen) atoms. The average molecular weight is 560 g/mol. The van der Waals surface area contributed by atoms with E-state index in [-0.39, 0.29) is 55.6 Å². The van der Waals surface area contributed by atoms with Crippen LogP contribution in [-0.4, -0.2) is 78.0 Å². The summed E-state index contributed by atoms with van der Waals surface area (Å²) >= 11 is 0. The number of hydrogen-bond acceptors (Lipinski definition) is 9. The summed E-state index contributed by atoms with van der Waals surface area (Å²) in [5.74, 6) is -0.793. The maximum absolute atomic E-state index is 12.9. The Morgan fingerprint density at radius 3 is 2.41 bits per heavy atom. The number of carbonyl (C=O) groups is 1. The molecule has 208 valence electrons. The second-order valence-corrected chi connectivity index (χ2v) is 13.3. The second kappa shape index (κ2) is 11.9. The van der Waals surface area contributed by atoms with E-state index in [9.17, 15) is 21.6 Å². The van der Waals surface area contributed by atoms with Crippen molar-refractivity contribution in [2.75, 3.05) is 37.2 Å². The van der Waals surface area contributed by atoms with E-state index in [1.807, 2.05) is 45.5 Å². The van der Waals surface area contributed by atoms with E-state index in [2.05, 4.69) is 15.4 Å². The first-order valence-corrected chi connectivity index (χ1v) is 15.5. The van der Waals surface area contributed by atoms with Crippen molar-refractivity contribution < 1.29 is 26.0 Å². The number of aromatic nitrogens is 3. The lowest BCUT2D eigenvalue weighted by Gasteiger charge is -2.21. The molecule has 15 heteroatoms. The third kappa shape index (κ3) is 7.30. The molecule has 1 fully saturated rings. The van der Waals surface area contributed by atoms with E-state index in [1.165, 1.54) is 4.31 Å². The quantitative estimate of drug-likeness (QED) is 0.421. The van der Waals surface area contributed by atoms with Crippen LogP contribution in [0.2, 0.25) is 0 Å². The minimum atomic E-state index is -4.22. The summed E-state index contributed by atoms with van der Waals surface area (Å²) < 4.78 is 62.3. The van der Waals surface area contributed by atoms with Crippen LogP contribution in [0.1, 0.15) is 82.0 Å². The molecule has 0 saturated carbocycles. The zero-order valence-electron chi connectivity index (χ0n) is 22.0. The van der Waals surface area contributed by atoms with Gasteiger partial charge in [0, 0.05) is 38.4 Å². The molecule has 1 aliphatic rings. The van der Waals surface area contributed by atoms with E-state index in [0.717, 1.165) is 22.7 Å². The van der Waals surface area contributed by atoms with Gasteiger partial charge in [-0.05, 0) is 32.6 Å². The number of oxazole rings is 1. The third-order valence-electron chi connectivity index (χ3n) is 5.94. The predicted octanol–water partition coefficient (Wildman–Crippen LogP) is 2.43. The molecule has 0 unspecified atom stereocenters. The average Bonchev–Trinajstić information content (AvgIpc) is 3.37. The van der Waals surface area contributed by atoms with Crippen molar-refractivity contribution in [2.45, 2.75) is 65.8 Å². The van der Waals surface area contributed by atoms with Gasteiger partial charge in [-0.2, -0.15) is 22.8 Å². The molecule has 2 aromatic heterocycles. The maximum atomic E-state index is 12.9. The van der Waals surface area contributed by atoms with Crippen LogP contribution in [0.5, 0.6) is 0 Å². The van der Waals surface area contributed by atoms with Gasteiger partial charge in [-0.1, -0.05) is 27.2 Å². The van der Waals surface area contributed by atoms with Gasteiger partial charge in [-0.15, -0.1) is 0 Å². The Hall–Kier alpha value is -2.49. The molecule has 3 heterocycles. The molecule has 0 aromatic carbocycles. The van der Waals surface area contributed by atoms with Gasteiger partial charge in [0.25, 0.3) is 11.9 Å². The second-order valence-electron chi connectivity index (χ2n) is 9.58. The number of unbranched alkanes of at least 4 members (excludes halogenated alkanes) is 1. The fourth-order valence-corrected chi connectivity index (χ4v) is 6.66. The maximum Gasteiger partial charge on any atom is 0.304 e. The fraction of sp³-hybridized carbons (Fsp3) is 0.682. The van der Waals surface area contributed by atoms with Crippen molar-refractivity contribution in [3.8, 4) is 0 Å². The Kier molecular flexibility index (Phi) is 9.37. The molecule has 2 aromatic rings. The highest BCUT2D eigenvalue weighted by atomic mass is 32.2. The number of sulfonamides is 1. The fourth-order valence-electron chi connectivity index (χ4n) is 3.82. The lowest BCUT2D eigenvalue weighted by Crippen LogP contribution is -2.45. The molecule has 0 atom stereocenters. The number of anilines is 2. The van der Waals surface area contributed by atoms with E-state index in [4.69, 9.17) is 4.42 Å². The van der Waals surface area contributed by atoms with Crippen LogP contribution < -0.4 is 10.0 Å². The Bertz CT molecular complexity index is 1280. The van der Waals surface area contributed by atoms with Gasteiger partial charge in [0.1, 0.15) is 6.26 Å². The highest BCUT2D eigenvalue weighted by Crippen LogP contribution is 2.27. The van der Waals surface area contributed by atoms with Gasteiger partial charge in [0.05, 0.1) is 17.1 Å². The van der Waals surface area contributed by atoms with E-state index < -0.39 is 26.1 Å². The Morgan fingerprint density at radius 2 is 1.76 bits per heavy atom. The first kappa shape index (κ1) is 29.1. The topological polar surface area (TPSA) is 160 Å².